The Morgan fingerprint density at radius 3 is 2.71 bits per heavy atom. The molecular weight excluding hydrogens is 366 g/mol. The fourth-order valence-electron chi connectivity index (χ4n) is 3.23. The summed E-state index contributed by atoms with van der Waals surface area (Å²) in [5.74, 6) is -0.173. The first-order valence-electron chi connectivity index (χ1n) is 8.94. The van der Waals surface area contributed by atoms with E-state index >= 15 is 0 Å². The zero-order chi connectivity index (χ0) is 19.7. The Balaban J connectivity index is 1.59. The third-order valence-electron chi connectivity index (χ3n) is 4.59. The van der Waals surface area contributed by atoms with Crippen LogP contribution in [0.4, 0.5) is 8.78 Å². The second kappa shape index (κ2) is 7.38. The van der Waals surface area contributed by atoms with Crippen LogP contribution in [0.1, 0.15) is 40.9 Å². The van der Waals surface area contributed by atoms with E-state index in [1.54, 1.807) is 25.1 Å². The van der Waals surface area contributed by atoms with Crippen LogP contribution < -0.4 is 10.1 Å². The number of hydrogen-bond donors (Lipinski definition) is 1. The van der Waals surface area contributed by atoms with Gasteiger partial charge in [-0.3, -0.25) is 4.79 Å². The van der Waals surface area contributed by atoms with Gasteiger partial charge < -0.3 is 10.1 Å². The fraction of sp³-hybridized carbons (Fsp3) is 0.250. The van der Waals surface area contributed by atoms with E-state index in [0.29, 0.717) is 35.9 Å². The highest BCUT2D eigenvalue weighted by Gasteiger charge is 2.24. The van der Waals surface area contributed by atoms with Crippen molar-refractivity contribution in [2.75, 3.05) is 6.61 Å². The fourth-order valence-corrected chi connectivity index (χ4v) is 3.23. The molecule has 0 saturated heterocycles. The number of hydrogen-bond acceptors (Lipinski definition) is 4. The van der Waals surface area contributed by atoms with Gasteiger partial charge in [-0.2, -0.15) is 0 Å². The van der Waals surface area contributed by atoms with Crippen molar-refractivity contribution in [1.82, 2.24) is 20.1 Å². The Labute approximate surface area is 160 Å². The Kier molecular flexibility index (Phi) is 4.77. The monoisotopic (exact) mass is 384 g/mol. The van der Waals surface area contributed by atoms with E-state index in [-0.39, 0.29) is 11.6 Å². The van der Waals surface area contributed by atoms with Gasteiger partial charge in [-0.1, -0.05) is 0 Å². The van der Waals surface area contributed by atoms with Crippen molar-refractivity contribution in [3.63, 3.8) is 0 Å². The second-order valence-electron chi connectivity index (χ2n) is 6.57. The molecular formula is C20H18F2N4O2. The molecule has 1 N–H and O–H groups in total. The zero-order valence-corrected chi connectivity index (χ0v) is 15.2. The molecule has 3 aromatic rings. The Morgan fingerprint density at radius 1 is 1.18 bits per heavy atom. The van der Waals surface area contributed by atoms with Crippen molar-refractivity contribution in [3.8, 4) is 11.4 Å². The summed E-state index contributed by atoms with van der Waals surface area (Å²) in [6, 6.07) is 9.61. The summed E-state index contributed by atoms with van der Waals surface area (Å²) in [5, 5.41) is 7.11. The molecule has 28 heavy (non-hydrogen) atoms. The van der Waals surface area contributed by atoms with Gasteiger partial charge in [-0.15, -0.1) is 5.10 Å². The van der Waals surface area contributed by atoms with Crippen LogP contribution in [-0.2, 0) is 0 Å². The topological polar surface area (TPSA) is 69.0 Å². The normalized spacial score (nSPS) is 16.0. The molecule has 4 rings (SSSR count). The third-order valence-corrected chi connectivity index (χ3v) is 4.59. The molecule has 2 aromatic carbocycles. The lowest BCUT2D eigenvalue weighted by Crippen LogP contribution is -2.29. The van der Waals surface area contributed by atoms with Crippen molar-refractivity contribution in [1.29, 1.82) is 0 Å². The van der Waals surface area contributed by atoms with E-state index in [1.165, 1.54) is 28.9 Å². The quantitative estimate of drug-likeness (QED) is 0.751. The first kappa shape index (κ1) is 18.1. The minimum absolute atomic E-state index is 0.00931. The lowest BCUT2D eigenvalue weighted by Gasteiger charge is -2.17. The molecule has 1 unspecified atom stereocenters. The van der Waals surface area contributed by atoms with E-state index in [2.05, 4.69) is 15.4 Å². The van der Waals surface area contributed by atoms with Gasteiger partial charge in [0.25, 0.3) is 5.91 Å². The van der Waals surface area contributed by atoms with Gasteiger partial charge in [0.1, 0.15) is 23.2 Å². The highest BCUT2D eigenvalue weighted by Crippen LogP contribution is 2.32. The predicted octanol–water partition coefficient (Wildman–Crippen LogP) is 3.50. The molecule has 0 fully saturated rings. The van der Waals surface area contributed by atoms with Crippen LogP contribution >= 0.6 is 0 Å². The predicted molar refractivity (Wildman–Crippen MR) is 97.4 cm³/mol. The van der Waals surface area contributed by atoms with Crippen molar-refractivity contribution < 1.29 is 18.3 Å². The number of benzene rings is 2. The average molecular weight is 384 g/mol. The van der Waals surface area contributed by atoms with Crippen molar-refractivity contribution in [2.45, 2.75) is 25.8 Å². The molecule has 2 heterocycles. The van der Waals surface area contributed by atoms with Gasteiger partial charge in [-0.25, -0.2) is 18.4 Å². The van der Waals surface area contributed by atoms with E-state index in [4.69, 9.17) is 4.74 Å². The molecule has 1 amide bonds. The lowest BCUT2D eigenvalue weighted by atomic mass is 10.0. The number of ether oxygens (including phenoxy) is 1. The maximum absolute atomic E-state index is 13.7. The minimum Gasteiger partial charge on any atom is -0.493 e. The van der Waals surface area contributed by atoms with Gasteiger partial charge in [0, 0.05) is 5.56 Å². The molecule has 0 radical (unpaired) electrons. The van der Waals surface area contributed by atoms with Crippen LogP contribution in [0, 0.1) is 18.6 Å². The molecule has 0 aliphatic carbocycles. The first-order chi connectivity index (χ1) is 13.5. The zero-order valence-electron chi connectivity index (χ0n) is 15.2. The minimum atomic E-state index is -0.467. The molecule has 0 bridgehead atoms. The van der Waals surface area contributed by atoms with Crippen LogP contribution in [0.15, 0.2) is 42.5 Å². The summed E-state index contributed by atoms with van der Waals surface area (Å²) in [6.45, 7) is 2.21. The summed E-state index contributed by atoms with van der Waals surface area (Å²) >= 11 is 0. The number of halogens is 2. The smallest absolute Gasteiger partial charge is 0.291 e. The van der Waals surface area contributed by atoms with Gasteiger partial charge in [0.05, 0.1) is 18.3 Å². The third kappa shape index (κ3) is 3.58. The molecule has 0 saturated carbocycles. The molecule has 6 nitrogen and oxygen atoms in total. The van der Waals surface area contributed by atoms with Gasteiger partial charge >= 0.3 is 0 Å². The van der Waals surface area contributed by atoms with Crippen molar-refractivity contribution in [3.05, 3.63) is 71.3 Å². The summed E-state index contributed by atoms with van der Waals surface area (Å²) < 4.78 is 33.9. The number of aryl methyl sites for hydroxylation is 1. The van der Waals surface area contributed by atoms with Crippen LogP contribution in [0.3, 0.4) is 0 Å². The maximum atomic E-state index is 13.7. The number of rotatable bonds is 3. The number of nitrogens with zero attached hydrogens (tertiary/aromatic N) is 3. The summed E-state index contributed by atoms with van der Waals surface area (Å²) in [5.41, 5.74) is 1.20. The van der Waals surface area contributed by atoms with Crippen molar-refractivity contribution >= 4 is 5.91 Å². The number of fused-ring (bicyclic) bond motifs is 1. The summed E-state index contributed by atoms with van der Waals surface area (Å²) in [6.07, 6.45) is 1.33. The van der Waals surface area contributed by atoms with Gasteiger partial charge in [0.15, 0.2) is 0 Å². The molecule has 144 valence electrons. The van der Waals surface area contributed by atoms with E-state index in [1.807, 2.05) is 0 Å². The largest absolute Gasteiger partial charge is 0.493 e. The molecule has 0 spiro atoms. The Morgan fingerprint density at radius 2 is 1.93 bits per heavy atom. The summed E-state index contributed by atoms with van der Waals surface area (Å²) in [7, 11) is 0. The number of amides is 1. The van der Waals surface area contributed by atoms with Gasteiger partial charge in [0.2, 0.25) is 5.82 Å². The second-order valence-corrected chi connectivity index (χ2v) is 6.57. The Bertz CT molecular complexity index is 1020. The van der Waals surface area contributed by atoms with Crippen LogP contribution in [-0.4, -0.2) is 27.3 Å². The van der Waals surface area contributed by atoms with E-state index in [9.17, 15) is 13.6 Å². The maximum Gasteiger partial charge on any atom is 0.291 e. The van der Waals surface area contributed by atoms with E-state index in [0.717, 1.165) is 6.42 Å². The average Bonchev–Trinajstić information content (AvgIpc) is 2.96. The van der Waals surface area contributed by atoms with Crippen LogP contribution in [0.2, 0.25) is 0 Å². The Hall–Kier alpha value is -3.29. The SMILES string of the molecule is Cc1nc(C(=O)NC2CCCOc3ccc(F)cc32)nn1-c1ccc(F)cc1. The summed E-state index contributed by atoms with van der Waals surface area (Å²) in [4.78, 5) is 16.9. The number of carbonyl (C=O) groups excluding carboxylic acids is 1. The number of nitrogens with one attached hydrogen (secondary N) is 1. The molecule has 8 heteroatoms. The van der Waals surface area contributed by atoms with Crippen LogP contribution in [0.25, 0.3) is 5.69 Å². The first-order valence-corrected chi connectivity index (χ1v) is 8.94. The van der Waals surface area contributed by atoms with Crippen LogP contribution in [0.5, 0.6) is 5.75 Å². The van der Waals surface area contributed by atoms with Gasteiger partial charge in [-0.05, 0) is 62.2 Å². The molecule has 1 aliphatic heterocycles. The highest BCUT2D eigenvalue weighted by atomic mass is 19.1. The van der Waals surface area contributed by atoms with E-state index < -0.39 is 17.8 Å². The number of carbonyl (C=O) groups is 1. The number of aromatic nitrogens is 3. The standard InChI is InChI=1S/C20H18F2N4O2/c1-12-23-19(25-26(12)15-7-4-13(21)5-8-15)20(27)24-17-3-2-10-28-18-9-6-14(22)11-16(17)18/h4-9,11,17H,2-3,10H2,1H3,(H,24,27). The molecule has 1 aliphatic rings. The lowest BCUT2D eigenvalue weighted by molar-refractivity contribution is 0.0924. The van der Waals surface area contributed by atoms with Crippen molar-refractivity contribution in [2.24, 2.45) is 0 Å². The molecule has 1 aromatic heterocycles. The highest BCUT2D eigenvalue weighted by molar-refractivity contribution is 5.90. The molecule has 1 atom stereocenters.